The summed E-state index contributed by atoms with van der Waals surface area (Å²) in [6.07, 6.45) is 2.96. The minimum atomic E-state index is -0.595. The van der Waals surface area contributed by atoms with Gasteiger partial charge in [0.2, 0.25) is 11.0 Å². The van der Waals surface area contributed by atoms with Crippen molar-refractivity contribution in [3.05, 3.63) is 58.2 Å². The third-order valence-corrected chi connectivity index (χ3v) is 5.76. The smallest absolute Gasteiger partial charge is 0.254 e. The zero-order valence-corrected chi connectivity index (χ0v) is 17.3. The SMILES string of the molecule is O=C(Nc1nnc(-c2ccccn2)s1)C1CCCN1C(=O)c1cc(Cl)cc(Cl)c1. The van der Waals surface area contributed by atoms with Crippen LogP contribution in [-0.4, -0.2) is 44.5 Å². The van der Waals surface area contributed by atoms with E-state index in [0.29, 0.717) is 44.4 Å². The van der Waals surface area contributed by atoms with Crippen LogP contribution in [0.1, 0.15) is 23.2 Å². The van der Waals surface area contributed by atoms with Gasteiger partial charge in [-0.05, 0) is 43.2 Å². The molecule has 1 fully saturated rings. The van der Waals surface area contributed by atoms with Crippen molar-refractivity contribution >= 4 is 51.5 Å². The summed E-state index contributed by atoms with van der Waals surface area (Å²) < 4.78 is 0. The van der Waals surface area contributed by atoms with Crippen LogP contribution in [-0.2, 0) is 4.79 Å². The van der Waals surface area contributed by atoms with Crippen LogP contribution in [0.4, 0.5) is 5.13 Å². The van der Waals surface area contributed by atoms with Crippen molar-refractivity contribution < 1.29 is 9.59 Å². The van der Waals surface area contributed by atoms with Gasteiger partial charge in [0.25, 0.3) is 5.91 Å². The first-order valence-corrected chi connectivity index (χ1v) is 10.4. The van der Waals surface area contributed by atoms with E-state index in [1.54, 1.807) is 24.4 Å². The Labute approximate surface area is 180 Å². The Morgan fingerprint density at radius 2 is 1.93 bits per heavy atom. The fourth-order valence-electron chi connectivity index (χ4n) is 3.18. The lowest BCUT2D eigenvalue weighted by Gasteiger charge is -2.23. The predicted octanol–water partition coefficient (Wildman–Crippen LogP) is 4.15. The Morgan fingerprint density at radius 3 is 2.66 bits per heavy atom. The van der Waals surface area contributed by atoms with Crippen molar-refractivity contribution in [2.75, 3.05) is 11.9 Å². The molecule has 0 bridgehead atoms. The second kappa shape index (κ2) is 8.44. The van der Waals surface area contributed by atoms with Crippen molar-refractivity contribution in [2.24, 2.45) is 0 Å². The van der Waals surface area contributed by atoms with E-state index in [4.69, 9.17) is 23.2 Å². The highest BCUT2D eigenvalue weighted by atomic mass is 35.5. The first kappa shape index (κ1) is 19.8. The van der Waals surface area contributed by atoms with E-state index in [2.05, 4.69) is 20.5 Å². The van der Waals surface area contributed by atoms with Crippen LogP contribution < -0.4 is 5.32 Å². The monoisotopic (exact) mass is 447 g/mol. The van der Waals surface area contributed by atoms with Gasteiger partial charge in [-0.25, -0.2) is 0 Å². The molecule has 1 saturated heterocycles. The number of anilines is 1. The molecule has 1 aliphatic heterocycles. The van der Waals surface area contributed by atoms with Gasteiger partial charge in [-0.3, -0.25) is 19.9 Å². The molecule has 7 nitrogen and oxygen atoms in total. The topological polar surface area (TPSA) is 88.1 Å². The van der Waals surface area contributed by atoms with E-state index >= 15 is 0 Å². The van der Waals surface area contributed by atoms with Crippen LogP contribution in [0.3, 0.4) is 0 Å². The first-order chi connectivity index (χ1) is 14.0. The standard InChI is InChI=1S/C19H15Cl2N5O2S/c20-12-8-11(9-13(21)10-12)18(28)26-7-3-5-15(26)16(27)23-19-25-24-17(29-19)14-4-1-2-6-22-14/h1-2,4,6,8-10,15H,3,5,7H2,(H,23,25,27). The van der Waals surface area contributed by atoms with Gasteiger partial charge in [0.15, 0.2) is 5.01 Å². The highest BCUT2D eigenvalue weighted by molar-refractivity contribution is 7.18. The molecule has 1 unspecified atom stereocenters. The molecular weight excluding hydrogens is 433 g/mol. The summed E-state index contributed by atoms with van der Waals surface area (Å²) in [6, 6.07) is 9.54. The van der Waals surface area contributed by atoms with E-state index in [-0.39, 0.29) is 11.8 Å². The number of hydrogen-bond donors (Lipinski definition) is 1. The number of amides is 2. The van der Waals surface area contributed by atoms with Gasteiger partial charge in [0.1, 0.15) is 11.7 Å². The molecule has 2 amide bonds. The highest BCUT2D eigenvalue weighted by Gasteiger charge is 2.35. The fourth-order valence-corrected chi connectivity index (χ4v) is 4.43. The van der Waals surface area contributed by atoms with Crippen LogP contribution in [0.25, 0.3) is 10.7 Å². The molecule has 1 aromatic carbocycles. The molecule has 10 heteroatoms. The minimum Gasteiger partial charge on any atom is -0.327 e. The van der Waals surface area contributed by atoms with E-state index in [1.165, 1.54) is 16.2 Å². The molecule has 1 N–H and O–H groups in total. The summed E-state index contributed by atoms with van der Waals surface area (Å²) in [6.45, 7) is 0.482. The summed E-state index contributed by atoms with van der Waals surface area (Å²) in [5, 5.41) is 12.6. The lowest BCUT2D eigenvalue weighted by atomic mass is 10.1. The number of rotatable bonds is 4. The van der Waals surface area contributed by atoms with Crippen molar-refractivity contribution in [3.8, 4) is 10.7 Å². The van der Waals surface area contributed by atoms with E-state index in [0.717, 1.165) is 6.42 Å². The zero-order valence-electron chi connectivity index (χ0n) is 15.0. The molecule has 3 heterocycles. The van der Waals surface area contributed by atoms with Gasteiger partial charge in [-0.2, -0.15) is 0 Å². The molecule has 1 aliphatic rings. The maximum atomic E-state index is 12.9. The molecular formula is C19H15Cl2N5O2S. The highest BCUT2D eigenvalue weighted by Crippen LogP contribution is 2.27. The maximum Gasteiger partial charge on any atom is 0.254 e. The van der Waals surface area contributed by atoms with Gasteiger partial charge >= 0.3 is 0 Å². The number of carbonyl (C=O) groups is 2. The number of aromatic nitrogens is 3. The molecule has 3 aromatic rings. The third kappa shape index (κ3) is 4.39. The molecule has 4 rings (SSSR count). The molecule has 0 aliphatic carbocycles. The number of pyridine rings is 1. The number of benzene rings is 1. The largest absolute Gasteiger partial charge is 0.327 e. The average Bonchev–Trinajstić information content (AvgIpc) is 3.37. The van der Waals surface area contributed by atoms with Gasteiger partial charge in [-0.1, -0.05) is 40.6 Å². The summed E-state index contributed by atoms with van der Waals surface area (Å²) in [5.74, 6) is -0.578. The third-order valence-electron chi connectivity index (χ3n) is 4.46. The quantitative estimate of drug-likeness (QED) is 0.648. The summed E-state index contributed by atoms with van der Waals surface area (Å²) in [4.78, 5) is 31.5. The van der Waals surface area contributed by atoms with Crippen LogP contribution in [0.5, 0.6) is 0 Å². The second-order valence-corrected chi connectivity index (χ2v) is 8.28. The second-order valence-electron chi connectivity index (χ2n) is 6.43. The maximum absolute atomic E-state index is 12.9. The first-order valence-electron chi connectivity index (χ1n) is 8.84. The van der Waals surface area contributed by atoms with Crippen molar-refractivity contribution in [1.29, 1.82) is 0 Å². The molecule has 1 atom stereocenters. The number of likely N-dealkylation sites (tertiary alicyclic amines) is 1. The Bertz CT molecular complexity index is 1040. The van der Waals surface area contributed by atoms with Gasteiger partial charge in [0.05, 0.1) is 0 Å². The van der Waals surface area contributed by atoms with Gasteiger partial charge < -0.3 is 4.90 Å². The predicted molar refractivity (Wildman–Crippen MR) is 112 cm³/mol. The Hall–Kier alpha value is -2.55. The number of nitrogens with zero attached hydrogens (tertiary/aromatic N) is 4. The molecule has 0 radical (unpaired) electrons. The van der Waals surface area contributed by atoms with Crippen molar-refractivity contribution in [3.63, 3.8) is 0 Å². The Balaban J connectivity index is 1.48. The van der Waals surface area contributed by atoms with Crippen LogP contribution in [0.2, 0.25) is 10.0 Å². The number of halogens is 2. The normalized spacial score (nSPS) is 16.1. The minimum absolute atomic E-state index is 0.279. The average molecular weight is 448 g/mol. The van der Waals surface area contributed by atoms with Gasteiger partial charge in [-0.15, -0.1) is 10.2 Å². The number of nitrogens with one attached hydrogen (secondary N) is 1. The van der Waals surface area contributed by atoms with E-state index in [1.807, 2.05) is 18.2 Å². The Morgan fingerprint density at radius 1 is 1.14 bits per heavy atom. The van der Waals surface area contributed by atoms with Crippen molar-refractivity contribution in [1.82, 2.24) is 20.1 Å². The number of hydrogen-bond acceptors (Lipinski definition) is 6. The summed E-state index contributed by atoms with van der Waals surface area (Å²) in [5.41, 5.74) is 1.04. The number of carbonyl (C=O) groups excluding carboxylic acids is 2. The van der Waals surface area contributed by atoms with Crippen LogP contribution in [0.15, 0.2) is 42.6 Å². The van der Waals surface area contributed by atoms with E-state index < -0.39 is 6.04 Å². The fraction of sp³-hybridized carbons (Fsp3) is 0.211. The van der Waals surface area contributed by atoms with Crippen LogP contribution >= 0.6 is 34.5 Å². The Kier molecular flexibility index (Phi) is 5.75. The zero-order chi connectivity index (χ0) is 20.4. The molecule has 0 spiro atoms. The van der Waals surface area contributed by atoms with Gasteiger partial charge in [0, 0.05) is 28.4 Å². The van der Waals surface area contributed by atoms with Crippen LogP contribution in [0, 0.1) is 0 Å². The summed E-state index contributed by atoms with van der Waals surface area (Å²) in [7, 11) is 0. The van der Waals surface area contributed by atoms with E-state index in [9.17, 15) is 9.59 Å². The lowest BCUT2D eigenvalue weighted by Crippen LogP contribution is -2.43. The molecule has 148 valence electrons. The molecule has 2 aromatic heterocycles. The van der Waals surface area contributed by atoms with Crippen molar-refractivity contribution in [2.45, 2.75) is 18.9 Å². The molecule has 0 saturated carbocycles. The molecule has 29 heavy (non-hydrogen) atoms. The summed E-state index contributed by atoms with van der Waals surface area (Å²) >= 11 is 13.2. The lowest BCUT2D eigenvalue weighted by molar-refractivity contribution is -0.119.